The van der Waals surface area contributed by atoms with E-state index in [1.54, 1.807) is 17.5 Å². The number of nitrogens with one attached hydrogen (secondary N) is 2. The number of rotatable bonds is 7. The normalized spacial score (nSPS) is 12.1. The van der Waals surface area contributed by atoms with Crippen molar-refractivity contribution in [1.29, 1.82) is 0 Å². The van der Waals surface area contributed by atoms with Gasteiger partial charge in [-0.2, -0.15) is 4.98 Å². The zero-order valence-corrected chi connectivity index (χ0v) is 12.2. The van der Waals surface area contributed by atoms with Gasteiger partial charge in [0.25, 0.3) is 0 Å². The standard InChI is InChI=1S/C14H20N4S/c1-3-7-15-14-16-8-6-13(18-14)17-11(2)10-12-5-4-9-19-12/h4-6,8-9,11H,3,7,10H2,1-2H3,(H2,15,16,17,18). The number of hydrogen-bond acceptors (Lipinski definition) is 5. The molecule has 1 atom stereocenters. The van der Waals surface area contributed by atoms with Gasteiger partial charge >= 0.3 is 0 Å². The van der Waals surface area contributed by atoms with Gasteiger partial charge in [0, 0.05) is 30.1 Å². The summed E-state index contributed by atoms with van der Waals surface area (Å²) in [5, 5.41) is 8.72. The molecule has 0 saturated carbocycles. The SMILES string of the molecule is CCCNc1nccc(NC(C)Cc2cccs2)n1. The van der Waals surface area contributed by atoms with Gasteiger partial charge in [-0.05, 0) is 30.9 Å². The molecule has 2 N–H and O–H groups in total. The van der Waals surface area contributed by atoms with E-state index in [1.807, 2.05) is 6.07 Å². The van der Waals surface area contributed by atoms with Crippen molar-refractivity contribution in [2.75, 3.05) is 17.2 Å². The second kappa shape index (κ2) is 7.09. The first-order valence-electron chi connectivity index (χ1n) is 6.63. The molecule has 0 spiro atoms. The van der Waals surface area contributed by atoms with Gasteiger partial charge < -0.3 is 10.6 Å². The Balaban J connectivity index is 1.90. The van der Waals surface area contributed by atoms with Crippen LogP contribution in [0.2, 0.25) is 0 Å². The number of thiophene rings is 1. The lowest BCUT2D eigenvalue weighted by molar-refractivity contribution is 0.793. The molecule has 0 radical (unpaired) electrons. The molecule has 1 unspecified atom stereocenters. The highest BCUT2D eigenvalue weighted by Gasteiger charge is 2.06. The fraction of sp³-hybridized carbons (Fsp3) is 0.429. The van der Waals surface area contributed by atoms with Gasteiger partial charge in [0.1, 0.15) is 5.82 Å². The maximum atomic E-state index is 4.45. The number of anilines is 2. The Labute approximate surface area is 118 Å². The first-order valence-corrected chi connectivity index (χ1v) is 7.51. The Kier molecular flexibility index (Phi) is 5.15. The van der Waals surface area contributed by atoms with Crippen molar-refractivity contribution < 1.29 is 0 Å². The van der Waals surface area contributed by atoms with E-state index >= 15 is 0 Å². The second-order valence-electron chi connectivity index (χ2n) is 4.52. The van der Waals surface area contributed by atoms with Crippen molar-refractivity contribution in [2.24, 2.45) is 0 Å². The van der Waals surface area contributed by atoms with Gasteiger partial charge in [-0.1, -0.05) is 13.0 Å². The topological polar surface area (TPSA) is 49.8 Å². The van der Waals surface area contributed by atoms with Crippen LogP contribution in [0.5, 0.6) is 0 Å². The van der Waals surface area contributed by atoms with Crippen molar-refractivity contribution in [2.45, 2.75) is 32.7 Å². The first kappa shape index (κ1) is 13.8. The zero-order chi connectivity index (χ0) is 13.5. The molecule has 102 valence electrons. The number of nitrogens with zero attached hydrogens (tertiary/aromatic N) is 2. The van der Waals surface area contributed by atoms with Crippen molar-refractivity contribution in [1.82, 2.24) is 9.97 Å². The van der Waals surface area contributed by atoms with Gasteiger partial charge in [0.15, 0.2) is 0 Å². The lowest BCUT2D eigenvalue weighted by atomic mass is 10.2. The fourth-order valence-corrected chi connectivity index (χ4v) is 2.63. The van der Waals surface area contributed by atoms with Crippen molar-refractivity contribution in [3.8, 4) is 0 Å². The molecule has 4 nitrogen and oxygen atoms in total. The van der Waals surface area contributed by atoms with Gasteiger partial charge in [-0.3, -0.25) is 0 Å². The Morgan fingerprint density at radius 2 is 2.26 bits per heavy atom. The molecule has 19 heavy (non-hydrogen) atoms. The highest BCUT2D eigenvalue weighted by atomic mass is 32.1. The van der Waals surface area contributed by atoms with E-state index in [1.165, 1.54) is 4.88 Å². The third-order valence-electron chi connectivity index (χ3n) is 2.67. The average Bonchev–Trinajstić information content (AvgIpc) is 2.89. The zero-order valence-electron chi connectivity index (χ0n) is 11.4. The Morgan fingerprint density at radius 1 is 1.37 bits per heavy atom. The lowest BCUT2D eigenvalue weighted by Crippen LogP contribution is -2.18. The minimum Gasteiger partial charge on any atom is -0.367 e. The van der Waals surface area contributed by atoms with Crippen molar-refractivity contribution in [3.63, 3.8) is 0 Å². The Bertz CT molecular complexity index is 484. The Morgan fingerprint density at radius 3 is 3.00 bits per heavy atom. The molecule has 2 aromatic rings. The van der Waals surface area contributed by atoms with E-state index in [0.717, 1.165) is 25.2 Å². The predicted octanol–water partition coefficient (Wildman–Crippen LogP) is 3.40. The van der Waals surface area contributed by atoms with Crippen LogP contribution in [0, 0.1) is 0 Å². The third-order valence-corrected chi connectivity index (χ3v) is 3.57. The summed E-state index contributed by atoms with van der Waals surface area (Å²) in [6.07, 6.45) is 3.86. The van der Waals surface area contributed by atoms with Crippen LogP contribution in [0.4, 0.5) is 11.8 Å². The van der Waals surface area contributed by atoms with E-state index in [9.17, 15) is 0 Å². The molecule has 0 bridgehead atoms. The summed E-state index contributed by atoms with van der Waals surface area (Å²) < 4.78 is 0. The van der Waals surface area contributed by atoms with Crippen LogP contribution in [0.25, 0.3) is 0 Å². The minimum atomic E-state index is 0.354. The quantitative estimate of drug-likeness (QED) is 0.813. The maximum Gasteiger partial charge on any atom is 0.224 e. The van der Waals surface area contributed by atoms with Gasteiger partial charge in [-0.25, -0.2) is 4.98 Å². The van der Waals surface area contributed by atoms with Crippen LogP contribution >= 0.6 is 11.3 Å². The minimum absolute atomic E-state index is 0.354. The molecule has 0 aliphatic carbocycles. The molecule has 2 rings (SSSR count). The molecule has 2 heterocycles. The highest BCUT2D eigenvalue weighted by Crippen LogP contribution is 2.14. The highest BCUT2D eigenvalue weighted by molar-refractivity contribution is 7.09. The fourth-order valence-electron chi connectivity index (χ4n) is 1.80. The molecule has 2 aromatic heterocycles. The maximum absolute atomic E-state index is 4.45. The van der Waals surface area contributed by atoms with E-state index in [4.69, 9.17) is 0 Å². The first-order chi connectivity index (χ1) is 9.28. The van der Waals surface area contributed by atoms with E-state index in [-0.39, 0.29) is 0 Å². The van der Waals surface area contributed by atoms with Crippen molar-refractivity contribution in [3.05, 3.63) is 34.7 Å². The summed E-state index contributed by atoms with van der Waals surface area (Å²) in [4.78, 5) is 10.0. The number of aromatic nitrogens is 2. The molecular weight excluding hydrogens is 256 g/mol. The summed E-state index contributed by atoms with van der Waals surface area (Å²) in [5.74, 6) is 1.56. The van der Waals surface area contributed by atoms with Crippen LogP contribution in [0.15, 0.2) is 29.8 Å². The largest absolute Gasteiger partial charge is 0.367 e. The van der Waals surface area contributed by atoms with Crippen LogP contribution in [-0.2, 0) is 6.42 Å². The second-order valence-corrected chi connectivity index (χ2v) is 5.55. The van der Waals surface area contributed by atoms with Gasteiger partial charge in [0.05, 0.1) is 0 Å². The summed E-state index contributed by atoms with van der Waals surface area (Å²) in [7, 11) is 0. The van der Waals surface area contributed by atoms with Crippen LogP contribution in [-0.4, -0.2) is 22.6 Å². The molecule has 5 heteroatoms. The molecule has 0 aliphatic heterocycles. The third kappa shape index (κ3) is 4.52. The molecule has 0 fully saturated rings. The molecule has 0 aliphatic rings. The van der Waals surface area contributed by atoms with Gasteiger partial charge in [-0.15, -0.1) is 11.3 Å². The molecule has 0 aromatic carbocycles. The van der Waals surface area contributed by atoms with E-state index in [2.05, 4.69) is 52.0 Å². The average molecular weight is 276 g/mol. The predicted molar refractivity (Wildman–Crippen MR) is 81.9 cm³/mol. The van der Waals surface area contributed by atoms with Crippen LogP contribution in [0.3, 0.4) is 0 Å². The van der Waals surface area contributed by atoms with E-state index in [0.29, 0.717) is 12.0 Å². The molecule has 0 amide bonds. The monoisotopic (exact) mass is 276 g/mol. The summed E-state index contributed by atoms with van der Waals surface area (Å²) in [5.41, 5.74) is 0. The Hall–Kier alpha value is -1.62. The number of hydrogen-bond donors (Lipinski definition) is 2. The van der Waals surface area contributed by atoms with Gasteiger partial charge in [0.2, 0.25) is 5.95 Å². The lowest BCUT2D eigenvalue weighted by Gasteiger charge is -2.14. The van der Waals surface area contributed by atoms with E-state index < -0.39 is 0 Å². The summed E-state index contributed by atoms with van der Waals surface area (Å²) in [6.45, 7) is 5.19. The molecule has 0 saturated heterocycles. The van der Waals surface area contributed by atoms with Crippen LogP contribution < -0.4 is 10.6 Å². The summed E-state index contributed by atoms with van der Waals surface area (Å²) in [6, 6.07) is 6.51. The molecular formula is C14H20N4S. The van der Waals surface area contributed by atoms with Crippen LogP contribution in [0.1, 0.15) is 25.1 Å². The smallest absolute Gasteiger partial charge is 0.224 e. The summed E-state index contributed by atoms with van der Waals surface area (Å²) >= 11 is 1.79. The van der Waals surface area contributed by atoms with Crippen molar-refractivity contribution >= 4 is 23.1 Å².